The van der Waals surface area contributed by atoms with Gasteiger partial charge in [-0.1, -0.05) is 6.07 Å². The molecule has 0 unspecified atom stereocenters. The molecule has 0 bridgehead atoms. The Bertz CT molecular complexity index is 274. The molecular weight excluding hydrogens is 213 g/mol. The Labute approximate surface area is 66.2 Å². The lowest BCUT2D eigenvalue weighted by Gasteiger charge is -1.89. The van der Waals surface area contributed by atoms with Crippen LogP contribution in [0.15, 0.2) is 24.2 Å². The molecule has 0 aliphatic carbocycles. The van der Waals surface area contributed by atoms with E-state index in [0.29, 0.717) is 3.57 Å². The van der Waals surface area contributed by atoms with Crippen molar-refractivity contribution < 1.29 is 4.11 Å². The second-order valence-electron chi connectivity index (χ2n) is 1.29. The normalized spacial score (nSPS) is 14.4. The largest absolute Gasteiger partial charge is 0.399 e. The number of nitrogen functional groups attached to an aromatic ring is 1. The average molecular weight is 222 g/mol. The highest BCUT2D eigenvalue weighted by Crippen LogP contribution is 2.07. The first kappa shape index (κ1) is 3.06. The summed E-state index contributed by atoms with van der Waals surface area (Å²) >= 11 is 1.87. The Kier molecular flexibility index (Phi) is 0.897. The molecule has 1 nitrogen and oxygen atoms in total. The summed E-state index contributed by atoms with van der Waals surface area (Å²) < 4.78 is 22.4. The Balaban J connectivity index is 3.46. The van der Waals surface area contributed by atoms with Crippen molar-refractivity contribution in [1.29, 1.82) is 0 Å². The van der Waals surface area contributed by atoms with Crippen LogP contribution in [0.25, 0.3) is 0 Å². The smallest absolute Gasteiger partial charge is 0.0656 e. The zero-order chi connectivity index (χ0) is 8.59. The van der Waals surface area contributed by atoms with E-state index in [1.165, 1.54) is 6.07 Å². The zero-order valence-electron chi connectivity index (χ0n) is 7.03. The third-order valence-electron chi connectivity index (χ3n) is 0.671. The van der Waals surface area contributed by atoms with Gasteiger partial charge in [-0.05, 0) is 40.7 Å². The minimum absolute atomic E-state index is 0.0559. The van der Waals surface area contributed by atoms with Crippen LogP contribution in [0.1, 0.15) is 4.11 Å². The van der Waals surface area contributed by atoms with E-state index < -0.39 is 0 Å². The quantitative estimate of drug-likeness (QED) is 0.526. The van der Waals surface area contributed by atoms with Crippen molar-refractivity contribution >= 4 is 28.3 Å². The summed E-state index contributed by atoms with van der Waals surface area (Å²) in [4.78, 5) is 0. The van der Waals surface area contributed by atoms with Gasteiger partial charge in [-0.2, -0.15) is 0 Å². The summed E-state index contributed by atoms with van der Waals surface area (Å²) in [5.41, 5.74) is 5.53. The number of halogens is 1. The van der Waals surface area contributed by atoms with Gasteiger partial charge < -0.3 is 5.73 Å². The fourth-order valence-electron chi connectivity index (χ4n) is 0.368. The van der Waals surface area contributed by atoms with Gasteiger partial charge in [-0.3, -0.25) is 0 Å². The lowest BCUT2D eigenvalue weighted by molar-refractivity contribution is 1.63. The fourth-order valence-corrected chi connectivity index (χ4v) is 0.814. The third-order valence-corrected chi connectivity index (χ3v) is 1.25. The van der Waals surface area contributed by atoms with Gasteiger partial charge in [0.2, 0.25) is 0 Å². The Morgan fingerprint density at radius 1 is 1.62 bits per heavy atom. The second-order valence-corrected chi connectivity index (χ2v) is 2.36. The molecule has 0 spiro atoms. The fraction of sp³-hybridized carbons (Fsp3) is 0. The van der Waals surface area contributed by atoms with Crippen molar-refractivity contribution in [3.8, 4) is 0 Å². The summed E-state index contributed by atoms with van der Waals surface area (Å²) in [6.45, 7) is 0. The first-order chi connectivity index (χ1) is 5.04. The zero-order valence-corrected chi connectivity index (χ0v) is 6.19. The average Bonchev–Trinajstić information content (AvgIpc) is 1.97. The van der Waals surface area contributed by atoms with Gasteiger partial charge in [0.15, 0.2) is 0 Å². The van der Waals surface area contributed by atoms with Gasteiger partial charge in [-0.25, -0.2) is 0 Å². The van der Waals surface area contributed by atoms with E-state index in [4.69, 9.17) is 9.85 Å². The molecule has 8 heavy (non-hydrogen) atoms. The summed E-state index contributed by atoms with van der Waals surface area (Å²) in [7, 11) is 0. The van der Waals surface area contributed by atoms with Crippen molar-refractivity contribution in [3.05, 3.63) is 27.8 Å². The highest BCUT2D eigenvalue weighted by Gasteiger charge is 1.82. The predicted molar refractivity (Wildman–Crippen MR) is 43.6 cm³/mol. The topological polar surface area (TPSA) is 26.0 Å². The Morgan fingerprint density at radius 3 is 3.12 bits per heavy atom. The summed E-state index contributed by atoms with van der Waals surface area (Å²) in [5, 5.41) is 0. The van der Waals surface area contributed by atoms with Crippen molar-refractivity contribution in [2.75, 3.05) is 5.73 Å². The lowest BCUT2D eigenvalue weighted by Crippen LogP contribution is -1.82. The molecule has 1 rings (SSSR count). The first-order valence-corrected chi connectivity index (χ1v) is 3.13. The first-order valence-electron chi connectivity index (χ1n) is 3.56. The van der Waals surface area contributed by atoms with Crippen LogP contribution in [0.5, 0.6) is 0 Å². The third kappa shape index (κ3) is 1.36. The van der Waals surface area contributed by atoms with Crippen molar-refractivity contribution in [3.63, 3.8) is 0 Å². The number of hydrogen-bond donors (Lipinski definition) is 1. The molecule has 0 radical (unpaired) electrons. The number of nitrogens with two attached hydrogens (primary N) is 1. The minimum Gasteiger partial charge on any atom is -0.399 e. The van der Waals surface area contributed by atoms with Crippen molar-refractivity contribution in [1.82, 2.24) is 0 Å². The van der Waals surface area contributed by atoms with Gasteiger partial charge in [-0.15, -0.1) is 0 Å². The number of rotatable bonds is 0. The molecule has 0 amide bonds. The highest BCUT2D eigenvalue weighted by atomic mass is 127. The molecule has 2 heteroatoms. The Morgan fingerprint density at radius 2 is 2.38 bits per heavy atom. The van der Waals surface area contributed by atoms with Gasteiger partial charge in [0, 0.05) is 9.26 Å². The molecule has 1 aromatic rings. The van der Waals surface area contributed by atoms with Crippen molar-refractivity contribution in [2.24, 2.45) is 0 Å². The maximum atomic E-state index is 7.35. The van der Waals surface area contributed by atoms with Crippen LogP contribution in [0.2, 0.25) is 0 Å². The Hall–Kier alpha value is -0.250. The number of hydrogen-bond acceptors (Lipinski definition) is 1. The monoisotopic (exact) mass is 222 g/mol. The van der Waals surface area contributed by atoms with E-state index in [2.05, 4.69) is 0 Å². The highest BCUT2D eigenvalue weighted by molar-refractivity contribution is 14.1. The van der Waals surface area contributed by atoms with Crippen LogP contribution < -0.4 is 5.73 Å². The summed E-state index contributed by atoms with van der Waals surface area (Å²) in [6.07, 6.45) is 0. The van der Waals surface area contributed by atoms with E-state index >= 15 is 0 Å². The molecule has 0 atom stereocenters. The van der Waals surface area contributed by atoms with Crippen LogP contribution >= 0.6 is 22.6 Å². The second kappa shape index (κ2) is 2.35. The molecule has 0 aromatic heterocycles. The van der Waals surface area contributed by atoms with Gasteiger partial charge in [0.1, 0.15) is 0 Å². The molecule has 0 heterocycles. The maximum Gasteiger partial charge on any atom is 0.0656 e. The van der Waals surface area contributed by atoms with Gasteiger partial charge in [0.05, 0.1) is 4.11 Å². The van der Waals surface area contributed by atoms with E-state index in [1.807, 2.05) is 22.6 Å². The molecule has 2 N–H and O–H groups in total. The molecule has 0 saturated carbocycles. The maximum absolute atomic E-state index is 7.35. The van der Waals surface area contributed by atoms with Crippen LogP contribution in [-0.4, -0.2) is 0 Å². The van der Waals surface area contributed by atoms with E-state index in [0.717, 1.165) is 0 Å². The molecule has 0 aliphatic heterocycles. The minimum atomic E-state index is 0.0559. The van der Waals surface area contributed by atoms with Crippen molar-refractivity contribution in [2.45, 2.75) is 0 Å². The number of anilines is 1. The van der Waals surface area contributed by atoms with Gasteiger partial charge in [0.25, 0.3) is 0 Å². The van der Waals surface area contributed by atoms with Gasteiger partial charge >= 0.3 is 0 Å². The standard InChI is InChI=1S/C6H6IN/c7-5-2-1-3-6(8)4-5/h1-4H,8H2/i2D,3D,4D. The van der Waals surface area contributed by atoms with E-state index in [1.54, 1.807) is 0 Å². The van der Waals surface area contributed by atoms with Crippen LogP contribution in [0.3, 0.4) is 0 Å². The van der Waals surface area contributed by atoms with E-state index in [9.17, 15) is 0 Å². The van der Waals surface area contributed by atoms with E-state index in [-0.39, 0.29) is 23.8 Å². The summed E-state index contributed by atoms with van der Waals surface area (Å²) in [6, 6.07) is 1.67. The molecule has 0 aliphatic rings. The van der Waals surface area contributed by atoms with Crippen LogP contribution in [0, 0.1) is 3.57 Å². The molecule has 0 saturated heterocycles. The lowest BCUT2D eigenvalue weighted by atomic mass is 10.3. The number of benzene rings is 1. The SMILES string of the molecule is [2H]c1cc([2H])c(I)c([2H])c1N. The molecule has 0 fully saturated rings. The molecule has 42 valence electrons. The molecule has 1 aromatic carbocycles. The van der Waals surface area contributed by atoms with Crippen LogP contribution in [0.4, 0.5) is 5.69 Å². The van der Waals surface area contributed by atoms with Crippen LogP contribution in [-0.2, 0) is 0 Å². The summed E-state index contributed by atoms with van der Waals surface area (Å²) in [5.74, 6) is 0. The molecular formula is C6H6IN. The predicted octanol–water partition coefficient (Wildman–Crippen LogP) is 1.87.